The average Bonchev–Trinajstić information content (AvgIpc) is 3.19. The Balaban J connectivity index is 2.17. The summed E-state index contributed by atoms with van der Waals surface area (Å²) in [5.74, 6) is 0. The third-order valence-electron chi connectivity index (χ3n) is 4.72. The zero-order chi connectivity index (χ0) is 21.1. The number of hydrogen-bond donors (Lipinski definition) is 2. The lowest BCUT2D eigenvalue weighted by atomic mass is 10.1. The molecule has 29 heavy (non-hydrogen) atoms. The lowest BCUT2D eigenvalue weighted by Gasteiger charge is -2.28. The van der Waals surface area contributed by atoms with Gasteiger partial charge in [0.05, 0.1) is 25.0 Å². The summed E-state index contributed by atoms with van der Waals surface area (Å²) in [7, 11) is 1.61. The van der Waals surface area contributed by atoms with Crippen LogP contribution in [0.5, 0.6) is 0 Å². The van der Waals surface area contributed by atoms with Crippen LogP contribution in [-0.2, 0) is 14.4 Å². The lowest BCUT2D eigenvalue weighted by Crippen LogP contribution is -2.35. The number of likely N-dealkylation sites (tertiary alicyclic amines) is 1. The van der Waals surface area contributed by atoms with Crippen molar-refractivity contribution in [1.82, 2.24) is 10.2 Å². The fourth-order valence-corrected chi connectivity index (χ4v) is 3.25. The fourth-order valence-electron chi connectivity index (χ4n) is 3.25. The van der Waals surface area contributed by atoms with Gasteiger partial charge in [0.2, 0.25) is 6.41 Å². The SMILES string of the molecule is CONc1ccc(N(CCNC=O)CCOC(C)(C)C)cc1/C=C/N1CCCC1. The van der Waals surface area contributed by atoms with Crippen LogP contribution < -0.4 is 15.7 Å². The molecule has 0 aromatic heterocycles. The molecule has 1 aliphatic heterocycles. The number of nitrogens with one attached hydrogen (secondary N) is 2. The van der Waals surface area contributed by atoms with Crippen molar-refractivity contribution in [3.63, 3.8) is 0 Å². The summed E-state index contributed by atoms with van der Waals surface area (Å²) in [5, 5.41) is 2.75. The normalized spacial score (nSPS) is 14.4. The molecule has 1 amide bonds. The van der Waals surface area contributed by atoms with Gasteiger partial charge in [-0.25, -0.2) is 0 Å². The number of rotatable bonds is 12. The van der Waals surface area contributed by atoms with Crippen LogP contribution in [-0.4, -0.2) is 63.4 Å². The molecule has 0 bridgehead atoms. The Morgan fingerprint density at radius 1 is 1.21 bits per heavy atom. The van der Waals surface area contributed by atoms with Crippen molar-refractivity contribution in [2.75, 3.05) is 56.8 Å². The van der Waals surface area contributed by atoms with E-state index in [1.165, 1.54) is 12.8 Å². The molecular weight excluding hydrogens is 368 g/mol. The van der Waals surface area contributed by atoms with Crippen molar-refractivity contribution in [1.29, 1.82) is 0 Å². The van der Waals surface area contributed by atoms with Crippen LogP contribution in [0.3, 0.4) is 0 Å². The summed E-state index contributed by atoms with van der Waals surface area (Å²) in [5.41, 5.74) is 5.84. The van der Waals surface area contributed by atoms with E-state index in [0.717, 1.165) is 43.0 Å². The van der Waals surface area contributed by atoms with Crippen molar-refractivity contribution in [2.45, 2.75) is 39.2 Å². The molecule has 0 radical (unpaired) electrons. The van der Waals surface area contributed by atoms with Gasteiger partial charge in [0.15, 0.2) is 0 Å². The van der Waals surface area contributed by atoms with E-state index in [0.29, 0.717) is 19.7 Å². The second-order valence-corrected chi connectivity index (χ2v) is 8.16. The summed E-state index contributed by atoms with van der Waals surface area (Å²) < 4.78 is 5.91. The summed E-state index contributed by atoms with van der Waals surface area (Å²) in [6.07, 6.45) is 7.52. The van der Waals surface area contributed by atoms with Gasteiger partial charge in [-0.3, -0.25) is 15.1 Å². The molecule has 0 spiro atoms. The predicted octanol–water partition coefficient (Wildman–Crippen LogP) is 3.09. The van der Waals surface area contributed by atoms with Crippen molar-refractivity contribution >= 4 is 23.9 Å². The fraction of sp³-hybridized carbons (Fsp3) is 0.591. The molecule has 2 N–H and O–H groups in total. The molecule has 2 rings (SSSR count). The molecular formula is C22H36N4O3. The van der Waals surface area contributed by atoms with Gasteiger partial charge < -0.3 is 19.9 Å². The highest BCUT2D eigenvalue weighted by molar-refractivity contribution is 5.71. The maximum Gasteiger partial charge on any atom is 0.207 e. The first-order valence-corrected chi connectivity index (χ1v) is 10.3. The second-order valence-electron chi connectivity index (χ2n) is 8.16. The molecule has 1 heterocycles. The maximum absolute atomic E-state index is 10.7. The van der Waals surface area contributed by atoms with Crippen LogP contribution in [0.1, 0.15) is 39.2 Å². The number of carbonyl (C=O) groups is 1. The quantitative estimate of drug-likeness (QED) is 0.317. The van der Waals surface area contributed by atoms with Gasteiger partial charge in [-0.15, -0.1) is 0 Å². The minimum absolute atomic E-state index is 0.178. The van der Waals surface area contributed by atoms with E-state index >= 15 is 0 Å². The lowest BCUT2D eigenvalue weighted by molar-refractivity contribution is -0.109. The summed E-state index contributed by atoms with van der Waals surface area (Å²) in [6.45, 7) is 11.0. The second kappa shape index (κ2) is 11.7. The van der Waals surface area contributed by atoms with Gasteiger partial charge in [-0.2, -0.15) is 0 Å². The minimum Gasteiger partial charge on any atom is -0.377 e. The third kappa shape index (κ3) is 8.33. The number of nitrogens with zero attached hydrogens (tertiary/aromatic N) is 2. The molecule has 1 aliphatic rings. The van der Waals surface area contributed by atoms with Crippen molar-refractivity contribution in [3.8, 4) is 0 Å². The van der Waals surface area contributed by atoms with Crippen LogP contribution >= 0.6 is 0 Å². The molecule has 7 nitrogen and oxygen atoms in total. The van der Waals surface area contributed by atoms with Gasteiger partial charge in [0, 0.05) is 44.0 Å². The summed E-state index contributed by atoms with van der Waals surface area (Å²) in [4.78, 5) is 20.4. The van der Waals surface area contributed by atoms with Gasteiger partial charge in [-0.05, 0) is 64.1 Å². The average molecular weight is 405 g/mol. The van der Waals surface area contributed by atoms with E-state index in [4.69, 9.17) is 9.57 Å². The first-order chi connectivity index (χ1) is 13.9. The van der Waals surface area contributed by atoms with Crippen molar-refractivity contribution in [2.24, 2.45) is 0 Å². The Morgan fingerprint density at radius 2 is 1.97 bits per heavy atom. The molecule has 0 aliphatic carbocycles. The summed E-state index contributed by atoms with van der Waals surface area (Å²) >= 11 is 0. The number of hydrogen-bond acceptors (Lipinski definition) is 6. The number of ether oxygens (including phenoxy) is 1. The van der Waals surface area contributed by atoms with Gasteiger partial charge in [-0.1, -0.05) is 0 Å². The first kappa shape index (κ1) is 23.0. The highest BCUT2D eigenvalue weighted by Gasteiger charge is 2.14. The van der Waals surface area contributed by atoms with Crippen LogP contribution in [0.4, 0.5) is 11.4 Å². The monoisotopic (exact) mass is 404 g/mol. The molecule has 7 heteroatoms. The van der Waals surface area contributed by atoms with Crippen molar-refractivity contribution < 1.29 is 14.4 Å². The Morgan fingerprint density at radius 3 is 2.62 bits per heavy atom. The van der Waals surface area contributed by atoms with Gasteiger partial charge in [0.1, 0.15) is 0 Å². The van der Waals surface area contributed by atoms with E-state index in [9.17, 15) is 4.79 Å². The topological polar surface area (TPSA) is 66.1 Å². The standard InChI is InChI=1S/C22H36N4O3/c1-22(2,3)29-16-15-26(14-10-23-18-27)20-7-8-21(24-28-4)19(17-20)9-13-25-11-5-6-12-25/h7-9,13,17-18,24H,5-6,10-12,14-16H2,1-4H3,(H,23,27)/b13-9+. The van der Waals surface area contributed by atoms with Crippen molar-refractivity contribution in [3.05, 3.63) is 30.0 Å². The molecule has 162 valence electrons. The molecule has 0 unspecified atom stereocenters. The highest BCUT2D eigenvalue weighted by Crippen LogP contribution is 2.25. The molecule has 0 atom stereocenters. The number of anilines is 2. The van der Waals surface area contributed by atoms with E-state index in [1.807, 2.05) is 6.07 Å². The Hall–Kier alpha value is -2.25. The van der Waals surface area contributed by atoms with E-state index in [-0.39, 0.29) is 5.60 Å². The zero-order valence-corrected chi connectivity index (χ0v) is 18.2. The van der Waals surface area contributed by atoms with E-state index in [2.05, 4.69) is 65.8 Å². The Kier molecular flexibility index (Phi) is 9.28. The molecule has 0 saturated carbocycles. The predicted molar refractivity (Wildman–Crippen MR) is 119 cm³/mol. The van der Waals surface area contributed by atoms with E-state index in [1.54, 1.807) is 7.11 Å². The van der Waals surface area contributed by atoms with E-state index < -0.39 is 0 Å². The van der Waals surface area contributed by atoms with Gasteiger partial charge in [0.25, 0.3) is 0 Å². The van der Waals surface area contributed by atoms with Gasteiger partial charge >= 0.3 is 0 Å². The molecule has 1 aromatic carbocycles. The largest absolute Gasteiger partial charge is 0.377 e. The number of benzene rings is 1. The summed E-state index contributed by atoms with van der Waals surface area (Å²) in [6, 6.07) is 6.23. The molecule has 1 aromatic rings. The third-order valence-corrected chi connectivity index (χ3v) is 4.72. The number of carbonyl (C=O) groups excluding carboxylic acids is 1. The molecule has 1 fully saturated rings. The van der Waals surface area contributed by atoms with Crippen LogP contribution in [0.15, 0.2) is 24.4 Å². The highest BCUT2D eigenvalue weighted by atomic mass is 16.6. The Bertz CT molecular complexity index is 652. The van der Waals surface area contributed by atoms with Crippen LogP contribution in [0.2, 0.25) is 0 Å². The first-order valence-electron chi connectivity index (χ1n) is 10.3. The minimum atomic E-state index is -0.178. The number of amides is 1. The molecule has 1 saturated heterocycles. The smallest absolute Gasteiger partial charge is 0.207 e. The van der Waals surface area contributed by atoms with Crippen LogP contribution in [0.25, 0.3) is 6.08 Å². The zero-order valence-electron chi connectivity index (χ0n) is 18.2. The Labute approximate surface area is 175 Å². The van der Waals surface area contributed by atoms with Crippen LogP contribution in [0, 0.1) is 0 Å². The maximum atomic E-state index is 10.7.